The Morgan fingerprint density at radius 3 is 3.05 bits per heavy atom. The Morgan fingerprint density at radius 1 is 1.40 bits per heavy atom. The van der Waals surface area contributed by atoms with Gasteiger partial charge in [-0.05, 0) is 43.5 Å². The number of hydrogen-bond donors (Lipinski definition) is 2. The fourth-order valence-corrected chi connectivity index (χ4v) is 3.14. The van der Waals surface area contributed by atoms with Crippen LogP contribution in [-0.4, -0.2) is 44.2 Å². The zero-order valence-corrected chi connectivity index (χ0v) is 11.8. The predicted molar refractivity (Wildman–Crippen MR) is 78.1 cm³/mol. The number of carbonyl (C=O) groups excluding carboxylic acids is 1. The van der Waals surface area contributed by atoms with Gasteiger partial charge in [-0.2, -0.15) is 0 Å². The van der Waals surface area contributed by atoms with Crippen molar-refractivity contribution in [3.8, 4) is 5.75 Å². The minimum atomic E-state index is -0.00680. The molecule has 2 aliphatic heterocycles. The Balaban J connectivity index is 1.61. The van der Waals surface area contributed by atoms with Gasteiger partial charge in [0.15, 0.2) is 0 Å². The van der Waals surface area contributed by atoms with Gasteiger partial charge in [-0.3, -0.25) is 0 Å². The molecule has 2 N–H and O–H groups in total. The first-order valence-electron chi connectivity index (χ1n) is 7.17. The molecule has 0 aliphatic carbocycles. The second kappa shape index (κ2) is 5.71. The van der Waals surface area contributed by atoms with Gasteiger partial charge in [-0.25, -0.2) is 4.79 Å². The lowest BCUT2D eigenvalue weighted by Crippen LogP contribution is -2.35. The van der Waals surface area contributed by atoms with Crippen LogP contribution < -0.4 is 15.4 Å². The zero-order valence-electron chi connectivity index (χ0n) is 11.8. The van der Waals surface area contributed by atoms with Crippen LogP contribution in [0.2, 0.25) is 0 Å². The molecule has 108 valence electrons. The van der Waals surface area contributed by atoms with Crippen LogP contribution in [0.5, 0.6) is 5.75 Å². The van der Waals surface area contributed by atoms with Gasteiger partial charge in [0.05, 0.1) is 7.11 Å². The number of amides is 2. The number of likely N-dealkylation sites (tertiary alicyclic amines) is 1. The van der Waals surface area contributed by atoms with E-state index in [0.717, 1.165) is 37.6 Å². The number of methoxy groups -OCH3 is 1. The van der Waals surface area contributed by atoms with Crippen molar-refractivity contribution in [2.24, 2.45) is 11.8 Å². The average Bonchev–Trinajstić information content (AvgIpc) is 2.91. The van der Waals surface area contributed by atoms with Crippen LogP contribution in [0.1, 0.15) is 6.42 Å². The normalized spacial score (nSPS) is 25.1. The first-order valence-corrected chi connectivity index (χ1v) is 7.17. The molecule has 2 aliphatic rings. The Morgan fingerprint density at radius 2 is 2.25 bits per heavy atom. The summed E-state index contributed by atoms with van der Waals surface area (Å²) in [5.74, 6) is 2.02. The summed E-state index contributed by atoms with van der Waals surface area (Å²) in [6, 6.07) is 7.45. The molecule has 2 atom stereocenters. The van der Waals surface area contributed by atoms with Crippen LogP contribution in [-0.2, 0) is 0 Å². The second-order valence-corrected chi connectivity index (χ2v) is 5.58. The Labute approximate surface area is 119 Å². The number of nitrogens with one attached hydrogen (secondary N) is 2. The largest absolute Gasteiger partial charge is 0.497 e. The van der Waals surface area contributed by atoms with E-state index in [2.05, 4.69) is 10.6 Å². The van der Waals surface area contributed by atoms with Crippen molar-refractivity contribution in [2.75, 3.05) is 38.6 Å². The van der Waals surface area contributed by atoms with Crippen molar-refractivity contribution in [3.05, 3.63) is 24.3 Å². The molecule has 5 heteroatoms. The first-order chi connectivity index (χ1) is 9.76. The van der Waals surface area contributed by atoms with Gasteiger partial charge in [0.1, 0.15) is 5.75 Å². The van der Waals surface area contributed by atoms with Crippen LogP contribution in [0, 0.1) is 11.8 Å². The van der Waals surface area contributed by atoms with Crippen LogP contribution >= 0.6 is 0 Å². The summed E-state index contributed by atoms with van der Waals surface area (Å²) in [6.07, 6.45) is 1.17. The third-order valence-electron chi connectivity index (χ3n) is 4.28. The summed E-state index contributed by atoms with van der Waals surface area (Å²) in [6.45, 7) is 3.84. The molecule has 2 amide bonds. The number of ether oxygens (including phenoxy) is 1. The lowest BCUT2D eigenvalue weighted by molar-refractivity contribution is 0.220. The lowest BCUT2D eigenvalue weighted by Gasteiger charge is -2.23. The molecule has 2 saturated heterocycles. The molecule has 1 aromatic carbocycles. The molecule has 20 heavy (non-hydrogen) atoms. The highest BCUT2D eigenvalue weighted by atomic mass is 16.5. The minimum Gasteiger partial charge on any atom is -0.497 e. The number of carbonyl (C=O) groups is 1. The summed E-state index contributed by atoms with van der Waals surface area (Å²) in [5, 5.41) is 6.36. The van der Waals surface area contributed by atoms with Gasteiger partial charge in [0.2, 0.25) is 0 Å². The standard InChI is InChI=1S/C15H21N3O2/c1-20-14-4-2-3-13(7-14)17-15(19)18-9-11-5-6-16-8-12(11)10-18/h2-4,7,11-12,16H,5-6,8-10H2,1H3,(H,17,19). The van der Waals surface area contributed by atoms with Crippen LogP contribution in [0.15, 0.2) is 24.3 Å². The highest BCUT2D eigenvalue weighted by molar-refractivity contribution is 5.89. The number of rotatable bonds is 2. The third kappa shape index (κ3) is 2.72. The maximum atomic E-state index is 12.3. The monoisotopic (exact) mass is 275 g/mol. The SMILES string of the molecule is COc1cccc(NC(=O)N2CC3CCNCC3C2)c1. The molecule has 2 unspecified atom stereocenters. The number of anilines is 1. The predicted octanol–water partition coefficient (Wildman–Crippen LogP) is 1.77. The number of urea groups is 1. The second-order valence-electron chi connectivity index (χ2n) is 5.58. The molecule has 0 saturated carbocycles. The summed E-state index contributed by atoms with van der Waals surface area (Å²) in [7, 11) is 1.62. The lowest BCUT2D eigenvalue weighted by atomic mass is 9.90. The van der Waals surface area contributed by atoms with Gasteiger partial charge in [0.25, 0.3) is 0 Å². The van der Waals surface area contributed by atoms with E-state index in [-0.39, 0.29) is 6.03 Å². The van der Waals surface area contributed by atoms with E-state index in [0.29, 0.717) is 11.8 Å². The summed E-state index contributed by atoms with van der Waals surface area (Å²) >= 11 is 0. The molecular weight excluding hydrogens is 254 g/mol. The fraction of sp³-hybridized carbons (Fsp3) is 0.533. The zero-order chi connectivity index (χ0) is 13.9. The Kier molecular flexibility index (Phi) is 3.78. The van der Waals surface area contributed by atoms with Crippen LogP contribution in [0.4, 0.5) is 10.5 Å². The minimum absolute atomic E-state index is 0.00680. The van der Waals surface area contributed by atoms with Gasteiger partial charge >= 0.3 is 6.03 Å². The van der Waals surface area contributed by atoms with Gasteiger partial charge in [0, 0.05) is 24.8 Å². The molecule has 0 aromatic heterocycles. The Hall–Kier alpha value is -1.75. The highest BCUT2D eigenvalue weighted by Gasteiger charge is 2.36. The molecule has 5 nitrogen and oxygen atoms in total. The van der Waals surface area contributed by atoms with Gasteiger partial charge in [-0.15, -0.1) is 0 Å². The molecule has 0 bridgehead atoms. The van der Waals surface area contributed by atoms with Crippen molar-refractivity contribution in [2.45, 2.75) is 6.42 Å². The molecular formula is C15H21N3O2. The van der Waals surface area contributed by atoms with Crippen molar-refractivity contribution in [1.82, 2.24) is 10.2 Å². The van der Waals surface area contributed by atoms with Crippen molar-refractivity contribution in [3.63, 3.8) is 0 Å². The van der Waals surface area contributed by atoms with Gasteiger partial charge < -0.3 is 20.3 Å². The number of nitrogens with zero attached hydrogens (tertiary/aromatic N) is 1. The smallest absolute Gasteiger partial charge is 0.321 e. The maximum Gasteiger partial charge on any atom is 0.321 e. The van der Waals surface area contributed by atoms with Gasteiger partial charge in [-0.1, -0.05) is 6.07 Å². The maximum absolute atomic E-state index is 12.3. The van der Waals surface area contributed by atoms with Crippen molar-refractivity contribution >= 4 is 11.7 Å². The Bertz CT molecular complexity index is 478. The van der Waals surface area contributed by atoms with E-state index in [4.69, 9.17) is 4.74 Å². The van der Waals surface area contributed by atoms with E-state index in [1.54, 1.807) is 7.11 Å². The molecule has 0 radical (unpaired) electrons. The van der Waals surface area contributed by atoms with Crippen molar-refractivity contribution < 1.29 is 9.53 Å². The van der Waals surface area contributed by atoms with E-state index < -0.39 is 0 Å². The fourth-order valence-electron chi connectivity index (χ4n) is 3.14. The average molecular weight is 275 g/mol. The van der Waals surface area contributed by atoms with Crippen molar-refractivity contribution in [1.29, 1.82) is 0 Å². The van der Waals surface area contributed by atoms with Crippen LogP contribution in [0.25, 0.3) is 0 Å². The quantitative estimate of drug-likeness (QED) is 0.865. The first kappa shape index (κ1) is 13.2. The number of benzene rings is 1. The molecule has 0 spiro atoms. The highest BCUT2D eigenvalue weighted by Crippen LogP contribution is 2.28. The number of fused-ring (bicyclic) bond motifs is 1. The molecule has 2 heterocycles. The van der Waals surface area contributed by atoms with E-state index in [1.807, 2.05) is 29.2 Å². The summed E-state index contributed by atoms with van der Waals surface area (Å²) < 4.78 is 5.17. The third-order valence-corrected chi connectivity index (χ3v) is 4.28. The number of piperidine rings is 1. The van der Waals surface area contributed by atoms with E-state index in [9.17, 15) is 4.79 Å². The topological polar surface area (TPSA) is 53.6 Å². The summed E-state index contributed by atoms with van der Waals surface area (Å²) in [4.78, 5) is 14.2. The molecule has 3 rings (SSSR count). The van der Waals surface area contributed by atoms with E-state index in [1.165, 1.54) is 6.42 Å². The summed E-state index contributed by atoms with van der Waals surface area (Å²) in [5.41, 5.74) is 0.780. The van der Waals surface area contributed by atoms with Crippen LogP contribution in [0.3, 0.4) is 0 Å². The molecule has 2 fully saturated rings. The van der Waals surface area contributed by atoms with E-state index >= 15 is 0 Å². The number of hydrogen-bond acceptors (Lipinski definition) is 3. The molecule has 1 aromatic rings.